The summed E-state index contributed by atoms with van der Waals surface area (Å²) in [5, 5.41) is 16.2. The van der Waals surface area contributed by atoms with E-state index in [0.29, 0.717) is 16.7 Å². The number of carbonyl (C=O) groups is 1. The smallest absolute Gasteiger partial charge is 0.231 e. The standard InChI is InChI=1S/C21H22ClN5O2S/c22-17-10-8-16(9-11-17)20(15-5-2-1-3-6-15)23-19(28)14-30-21-24-25-26-27(21)13-18-7-4-12-29-18/h1-3,5-6,8-11,18,20H,4,7,12-14H2,(H,23,28)/t18-,20-/m1/s1. The third-order valence-corrected chi connectivity index (χ3v) is 6.08. The number of carbonyl (C=O) groups excluding carboxylic acids is 1. The van der Waals surface area contributed by atoms with Crippen LogP contribution in [0, 0.1) is 0 Å². The van der Waals surface area contributed by atoms with Gasteiger partial charge in [-0.05, 0) is 46.5 Å². The highest BCUT2D eigenvalue weighted by Crippen LogP contribution is 2.24. The topological polar surface area (TPSA) is 81.9 Å². The summed E-state index contributed by atoms with van der Waals surface area (Å²) in [4.78, 5) is 12.8. The van der Waals surface area contributed by atoms with Crippen LogP contribution in [0.2, 0.25) is 5.02 Å². The molecule has 2 aromatic carbocycles. The van der Waals surface area contributed by atoms with Crippen LogP contribution in [0.25, 0.3) is 0 Å². The molecule has 3 aromatic rings. The van der Waals surface area contributed by atoms with E-state index in [4.69, 9.17) is 16.3 Å². The zero-order valence-corrected chi connectivity index (χ0v) is 17.9. The van der Waals surface area contributed by atoms with Crippen LogP contribution in [0.5, 0.6) is 0 Å². The lowest BCUT2D eigenvalue weighted by Crippen LogP contribution is -2.30. The predicted molar refractivity (Wildman–Crippen MR) is 115 cm³/mol. The Bertz CT molecular complexity index is 961. The van der Waals surface area contributed by atoms with Crippen molar-refractivity contribution in [3.63, 3.8) is 0 Å². The molecule has 1 saturated heterocycles. The third kappa shape index (κ3) is 5.38. The van der Waals surface area contributed by atoms with E-state index in [0.717, 1.165) is 30.6 Å². The van der Waals surface area contributed by atoms with Crippen LogP contribution in [0.3, 0.4) is 0 Å². The van der Waals surface area contributed by atoms with Gasteiger partial charge in [-0.25, -0.2) is 4.68 Å². The van der Waals surface area contributed by atoms with Gasteiger partial charge in [-0.1, -0.05) is 65.8 Å². The number of amides is 1. The number of hydrogen-bond donors (Lipinski definition) is 1. The number of benzene rings is 2. The highest BCUT2D eigenvalue weighted by Gasteiger charge is 2.21. The Balaban J connectivity index is 1.41. The lowest BCUT2D eigenvalue weighted by Gasteiger charge is -2.20. The molecule has 9 heteroatoms. The molecule has 1 aromatic heterocycles. The highest BCUT2D eigenvalue weighted by molar-refractivity contribution is 7.99. The van der Waals surface area contributed by atoms with Crippen molar-refractivity contribution in [3.8, 4) is 0 Å². The summed E-state index contributed by atoms with van der Waals surface area (Å²) in [5.74, 6) is 0.110. The van der Waals surface area contributed by atoms with Gasteiger partial charge in [0, 0.05) is 11.6 Å². The molecule has 7 nitrogen and oxygen atoms in total. The average Bonchev–Trinajstić information content (AvgIpc) is 3.44. The second-order valence-electron chi connectivity index (χ2n) is 7.03. The normalized spacial score (nSPS) is 17.0. The molecule has 1 fully saturated rings. The number of hydrogen-bond acceptors (Lipinski definition) is 6. The van der Waals surface area contributed by atoms with Crippen molar-refractivity contribution in [1.29, 1.82) is 0 Å². The van der Waals surface area contributed by atoms with Gasteiger partial charge < -0.3 is 10.1 Å². The van der Waals surface area contributed by atoms with E-state index in [-0.39, 0.29) is 23.8 Å². The SMILES string of the molecule is O=C(CSc1nnnn1C[C@H]1CCCO1)N[C@H](c1ccccc1)c1ccc(Cl)cc1. The maximum atomic E-state index is 12.8. The van der Waals surface area contributed by atoms with Gasteiger partial charge in [0.05, 0.1) is 24.4 Å². The second-order valence-corrected chi connectivity index (χ2v) is 8.41. The summed E-state index contributed by atoms with van der Waals surface area (Å²) in [6, 6.07) is 17.1. The van der Waals surface area contributed by atoms with Crippen molar-refractivity contribution in [1.82, 2.24) is 25.5 Å². The number of aromatic nitrogens is 4. The number of nitrogens with zero attached hydrogens (tertiary/aromatic N) is 4. The van der Waals surface area contributed by atoms with Gasteiger partial charge in [0.1, 0.15) is 0 Å². The first kappa shape index (κ1) is 20.8. The summed E-state index contributed by atoms with van der Waals surface area (Å²) in [5.41, 5.74) is 1.97. The van der Waals surface area contributed by atoms with E-state index in [9.17, 15) is 4.79 Å². The first-order valence-electron chi connectivity index (χ1n) is 9.79. The molecule has 30 heavy (non-hydrogen) atoms. The molecule has 0 radical (unpaired) electrons. The van der Waals surface area contributed by atoms with Gasteiger partial charge in [0.2, 0.25) is 11.1 Å². The third-order valence-electron chi connectivity index (χ3n) is 4.87. The summed E-state index contributed by atoms with van der Waals surface area (Å²) >= 11 is 7.35. The number of tetrazole rings is 1. The van der Waals surface area contributed by atoms with Crippen molar-refractivity contribution >= 4 is 29.3 Å². The van der Waals surface area contributed by atoms with Crippen molar-refractivity contribution in [3.05, 3.63) is 70.7 Å². The molecule has 1 N–H and O–H groups in total. The number of ether oxygens (including phenoxy) is 1. The fourth-order valence-electron chi connectivity index (χ4n) is 3.39. The first-order chi connectivity index (χ1) is 14.7. The van der Waals surface area contributed by atoms with Crippen molar-refractivity contribution in [2.45, 2.75) is 36.7 Å². The largest absolute Gasteiger partial charge is 0.376 e. The molecule has 0 aliphatic carbocycles. The van der Waals surface area contributed by atoms with Gasteiger partial charge in [-0.2, -0.15) is 0 Å². The summed E-state index contributed by atoms with van der Waals surface area (Å²) in [6.07, 6.45) is 2.20. The summed E-state index contributed by atoms with van der Waals surface area (Å²) in [7, 11) is 0. The Morgan fingerprint density at radius 2 is 1.97 bits per heavy atom. The van der Waals surface area contributed by atoms with Crippen molar-refractivity contribution in [2.24, 2.45) is 0 Å². The molecule has 0 spiro atoms. The minimum Gasteiger partial charge on any atom is -0.376 e. The molecule has 0 bridgehead atoms. The molecule has 2 atom stereocenters. The minimum atomic E-state index is -0.264. The second kappa shape index (κ2) is 10.1. The maximum Gasteiger partial charge on any atom is 0.231 e. The van der Waals surface area contributed by atoms with E-state index in [2.05, 4.69) is 20.8 Å². The lowest BCUT2D eigenvalue weighted by atomic mass is 9.99. The Morgan fingerprint density at radius 1 is 1.20 bits per heavy atom. The van der Waals surface area contributed by atoms with Crippen molar-refractivity contribution in [2.75, 3.05) is 12.4 Å². The molecular weight excluding hydrogens is 422 g/mol. The molecule has 0 saturated carbocycles. The Hall–Kier alpha value is -2.42. The highest BCUT2D eigenvalue weighted by atomic mass is 35.5. The molecule has 1 aliphatic heterocycles. The number of rotatable bonds is 8. The molecule has 1 amide bonds. The Labute approximate surface area is 184 Å². The molecule has 1 aliphatic rings. The van der Waals surface area contributed by atoms with Crippen LogP contribution in [0.4, 0.5) is 0 Å². The van der Waals surface area contributed by atoms with Gasteiger partial charge in [-0.3, -0.25) is 4.79 Å². The van der Waals surface area contributed by atoms with Gasteiger partial charge in [-0.15, -0.1) is 5.10 Å². The van der Waals surface area contributed by atoms with E-state index in [1.165, 1.54) is 11.8 Å². The predicted octanol–water partition coefficient (Wildman–Crippen LogP) is 3.50. The van der Waals surface area contributed by atoms with Crippen molar-refractivity contribution < 1.29 is 9.53 Å². The van der Waals surface area contributed by atoms with Crippen LogP contribution in [0.15, 0.2) is 59.8 Å². The van der Waals surface area contributed by atoms with Crippen LogP contribution in [-0.4, -0.2) is 44.6 Å². The first-order valence-corrected chi connectivity index (χ1v) is 11.2. The Morgan fingerprint density at radius 3 is 2.70 bits per heavy atom. The lowest BCUT2D eigenvalue weighted by molar-refractivity contribution is -0.119. The average molecular weight is 444 g/mol. The van der Waals surface area contributed by atoms with Gasteiger partial charge >= 0.3 is 0 Å². The van der Waals surface area contributed by atoms with E-state index < -0.39 is 0 Å². The fourth-order valence-corrected chi connectivity index (χ4v) is 4.21. The van der Waals surface area contributed by atoms with Gasteiger partial charge in [0.15, 0.2) is 0 Å². The summed E-state index contributed by atoms with van der Waals surface area (Å²) < 4.78 is 7.36. The zero-order valence-electron chi connectivity index (χ0n) is 16.3. The monoisotopic (exact) mass is 443 g/mol. The molecule has 0 unspecified atom stereocenters. The maximum absolute atomic E-state index is 12.8. The zero-order chi connectivity index (χ0) is 20.8. The van der Waals surface area contributed by atoms with Crippen LogP contribution >= 0.6 is 23.4 Å². The molecule has 2 heterocycles. The van der Waals surface area contributed by atoms with Gasteiger partial charge in [0.25, 0.3) is 0 Å². The molecule has 156 valence electrons. The fraction of sp³-hybridized carbons (Fsp3) is 0.333. The number of nitrogens with one attached hydrogen (secondary N) is 1. The minimum absolute atomic E-state index is 0.101. The van der Waals surface area contributed by atoms with Crippen LogP contribution in [-0.2, 0) is 16.1 Å². The van der Waals surface area contributed by atoms with E-state index in [1.807, 2.05) is 54.6 Å². The number of halogens is 1. The van der Waals surface area contributed by atoms with E-state index >= 15 is 0 Å². The van der Waals surface area contributed by atoms with E-state index in [1.54, 1.807) is 4.68 Å². The summed E-state index contributed by atoms with van der Waals surface area (Å²) in [6.45, 7) is 1.39. The Kier molecular flexibility index (Phi) is 6.99. The molecular formula is C21H22ClN5O2S. The quantitative estimate of drug-likeness (QED) is 0.536. The number of thioether (sulfide) groups is 1. The molecule has 4 rings (SSSR count). The van der Waals surface area contributed by atoms with Crippen LogP contribution in [0.1, 0.15) is 30.0 Å². The van der Waals surface area contributed by atoms with Crippen LogP contribution < -0.4 is 5.32 Å².